The molecule has 0 saturated carbocycles. The predicted molar refractivity (Wildman–Crippen MR) is 47.8 cm³/mol. The Bertz CT molecular complexity index is 82.0. The molecule has 0 aliphatic rings. The van der Waals surface area contributed by atoms with Gasteiger partial charge in [0.2, 0.25) is 0 Å². The number of allylic oxidation sites excluding steroid dienone is 1. The van der Waals surface area contributed by atoms with Crippen LogP contribution in [0.2, 0.25) is 0 Å². The Morgan fingerprint density at radius 2 is 2.10 bits per heavy atom. The monoisotopic (exact) mass is 139 g/mol. The van der Waals surface area contributed by atoms with E-state index in [1.165, 1.54) is 25.2 Å². The molecule has 0 aromatic carbocycles. The molecule has 0 heteroatoms. The van der Waals surface area contributed by atoms with Crippen molar-refractivity contribution in [1.29, 1.82) is 0 Å². The van der Waals surface area contributed by atoms with Crippen LogP contribution in [0.4, 0.5) is 0 Å². The molecule has 0 heterocycles. The van der Waals surface area contributed by atoms with E-state index >= 15 is 0 Å². The molecule has 0 fully saturated rings. The van der Waals surface area contributed by atoms with Crippen LogP contribution in [0.3, 0.4) is 0 Å². The summed E-state index contributed by atoms with van der Waals surface area (Å²) in [5.41, 5.74) is 0. The van der Waals surface area contributed by atoms with Gasteiger partial charge in [-0.05, 0) is 18.3 Å². The van der Waals surface area contributed by atoms with E-state index in [4.69, 9.17) is 0 Å². The summed E-state index contributed by atoms with van der Waals surface area (Å²) in [6, 6.07) is 0. The van der Waals surface area contributed by atoms with Gasteiger partial charge < -0.3 is 0 Å². The highest BCUT2D eigenvalue weighted by molar-refractivity contribution is 5.01. The highest BCUT2D eigenvalue weighted by atomic mass is 14.0. The Hall–Kier alpha value is -0.260. The first-order valence-corrected chi connectivity index (χ1v) is 4.11. The van der Waals surface area contributed by atoms with Gasteiger partial charge in [0.15, 0.2) is 0 Å². The fourth-order valence-corrected chi connectivity index (χ4v) is 0.891. The number of hydrogen-bond donors (Lipinski definition) is 0. The molecule has 0 atom stereocenters. The minimum Gasteiger partial charge on any atom is -0.103 e. The highest BCUT2D eigenvalue weighted by Gasteiger charge is 1.97. The molecule has 0 saturated heterocycles. The largest absolute Gasteiger partial charge is 0.103 e. The van der Waals surface area contributed by atoms with E-state index in [0.29, 0.717) is 0 Å². The maximum absolute atomic E-state index is 3.72. The van der Waals surface area contributed by atoms with E-state index in [1.807, 2.05) is 6.08 Å². The van der Waals surface area contributed by atoms with Gasteiger partial charge in [-0.15, -0.1) is 6.58 Å². The van der Waals surface area contributed by atoms with Gasteiger partial charge in [0.1, 0.15) is 0 Å². The molecule has 0 bridgehead atoms. The van der Waals surface area contributed by atoms with Gasteiger partial charge in [-0.1, -0.05) is 39.7 Å². The molecule has 0 aliphatic heterocycles. The summed E-state index contributed by atoms with van der Waals surface area (Å²) in [5, 5.41) is 0. The van der Waals surface area contributed by atoms with Crippen molar-refractivity contribution in [3.05, 3.63) is 18.6 Å². The Morgan fingerprint density at radius 3 is 2.50 bits per heavy atom. The lowest BCUT2D eigenvalue weighted by Gasteiger charge is -2.06. The maximum Gasteiger partial charge on any atom is -0.00610 e. The lowest BCUT2D eigenvalue weighted by molar-refractivity contribution is 0.547. The fraction of sp³-hybridized carbons (Fsp3) is 0.700. The van der Waals surface area contributed by atoms with Crippen molar-refractivity contribution in [3.8, 4) is 0 Å². The smallest absolute Gasteiger partial charge is 0.00610 e. The summed E-state index contributed by atoms with van der Waals surface area (Å²) in [6.45, 7) is 10.4. The molecule has 0 amide bonds. The number of hydrogen-bond acceptors (Lipinski definition) is 0. The summed E-state index contributed by atoms with van der Waals surface area (Å²) >= 11 is 0. The van der Waals surface area contributed by atoms with Crippen LogP contribution in [0, 0.1) is 11.8 Å². The van der Waals surface area contributed by atoms with Crippen molar-refractivity contribution < 1.29 is 0 Å². The van der Waals surface area contributed by atoms with Crippen LogP contribution in [-0.4, -0.2) is 0 Å². The van der Waals surface area contributed by atoms with Crippen LogP contribution in [0.25, 0.3) is 0 Å². The molecule has 0 aliphatic carbocycles. The van der Waals surface area contributed by atoms with Crippen LogP contribution >= 0.6 is 0 Å². The first kappa shape index (κ1) is 9.74. The zero-order chi connectivity index (χ0) is 7.98. The summed E-state index contributed by atoms with van der Waals surface area (Å²) in [4.78, 5) is 0. The zero-order valence-corrected chi connectivity index (χ0v) is 7.48. The quantitative estimate of drug-likeness (QED) is 0.546. The third kappa shape index (κ3) is 5.87. The Kier molecular flexibility index (Phi) is 5.38. The molecule has 59 valence electrons. The van der Waals surface area contributed by atoms with Crippen molar-refractivity contribution in [2.75, 3.05) is 0 Å². The van der Waals surface area contributed by atoms with Gasteiger partial charge in [0, 0.05) is 0 Å². The third-order valence-corrected chi connectivity index (χ3v) is 1.70. The summed E-state index contributed by atoms with van der Waals surface area (Å²) in [6.07, 6.45) is 5.84. The average Bonchev–Trinajstić information content (AvgIpc) is 1.87. The predicted octanol–water partition coefficient (Wildman–Crippen LogP) is 3.59. The molecule has 0 unspecified atom stereocenters. The SMILES string of the molecule is C=C[C](C)CCCC(C)C. The van der Waals surface area contributed by atoms with E-state index in [0.717, 1.165) is 5.92 Å². The normalized spacial score (nSPS) is 10.9. The van der Waals surface area contributed by atoms with Gasteiger partial charge in [0.05, 0.1) is 0 Å². The van der Waals surface area contributed by atoms with Crippen LogP contribution in [0.5, 0.6) is 0 Å². The molecule has 0 nitrogen and oxygen atoms in total. The topological polar surface area (TPSA) is 0 Å². The summed E-state index contributed by atoms with van der Waals surface area (Å²) < 4.78 is 0. The highest BCUT2D eigenvalue weighted by Crippen LogP contribution is 2.13. The molecular weight excluding hydrogens is 120 g/mol. The molecule has 0 N–H and O–H groups in total. The van der Waals surface area contributed by atoms with Crippen LogP contribution in [0.15, 0.2) is 12.7 Å². The van der Waals surface area contributed by atoms with Crippen LogP contribution < -0.4 is 0 Å². The zero-order valence-electron chi connectivity index (χ0n) is 7.48. The fourth-order valence-electron chi connectivity index (χ4n) is 0.891. The van der Waals surface area contributed by atoms with Crippen molar-refractivity contribution in [2.24, 2.45) is 5.92 Å². The van der Waals surface area contributed by atoms with Crippen molar-refractivity contribution in [2.45, 2.75) is 40.0 Å². The summed E-state index contributed by atoms with van der Waals surface area (Å²) in [7, 11) is 0. The van der Waals surface area contributed by atoms with E-state index in [1.54, 1.807) is 0 Å². The van der Waals surface area contributed by atoms with E-state index in [9.17, 15) is 0 Å². The minimum atomic E-state index is 0.845. The number of rotatable bonds is 5. The maximum atomic E-state index is 3.72. The van der Waals surface area contributed by atoms with Crippen LogP contribution in [-0.2, 0) is 0 Å². The Morgan fingerprint density at radius 1 is 1.50 bits per heavy atom. The molecule has 10 heavy (non-hydrogen) atoms. The average molecular weight is 139 g/mol. The standard InChI is InChI=1S/C10H19/c1-5-10(4)8-6-7-9(2)3/h5,9H,1,6-8H2,2-4H3. The van der Waals surface area contributed by atoms with E-state index in [2.05, 4.69) is 27.4 Å². The van der Waals surface area contributed by atoms with Crippen LogP contribution in [0.1, 0.15) is 40.0 Å². The molecule has 1 radical (unpaired) electrons. The minimum absolute atomic E-state index is 0.845. The molecule has 0 rings (SSSR count). The first-order chi connectivity index (χ1) is 4.66. The van der Waals surface area contributed by atoms with Crippen molar-refractivity contribution in [3.63, 3.8) is 0 Å². The Balaban J connectivity index is 3.11. The van der Waals surface area contributed by atoms with Gasteiger partial charge in [-0.25, -0.2) is 0 Å². The molecular formula is C10H19. The molecule has 0 aromatic rings. The van der Waals surface area contributed by atoms with Gasteiger partial charge >= 0.3 is 0 Å². The second-order valence-corrected chi connectivity index (χ2v) is 3.34. The van der Waals surface area contributed by atoms with Crippen molar-refractivity contribution >= 4 is 0 Å². The lowest BCUT2D eigenvalue weighted by Crippen LogP contribution is -1.90. The first-order valence-electron chi connectivity index (χ1n) is 4.11. The Labute approximate surface area is 65.3 Å². The van der Waals surface area contributed by atoms with Gasteiger partial charge in [-0.2, -0.15) is 0 Å². The van der Waals surface area contributed by atoms with E-state index in [-0.39, 0.29) is 0 Å². The molecule has 0 spiro atoms. The lowest BCUT2D eigenvalue weighted by atomic mass is 10.00. The second kappa shape index (κ2) is 5.52. The third-order valence-electron chi connectivity index (χ3n) is 1.70. The molecule has 0 aromatic heterocycles. The van der Waals surface area contributed by atoms with E-state index < -0.39 is 0 Å². The van der Waals surface area contributed by atoms with Gasteiger partial charge in [-0.3, -0.25) is 0 Å². The van der Waals surface area contributed by atoms with Crippen molar-refractivity contribution in [1.82, 2.24) is 0 Å². The summed E-state index contributed by atoms with van der Waals surface area (Å²) in [5.74, 6) is 2.26. The second-order valence-electron chi connectivity index (χ2n) is 3.34. The van der Waals surface area contributed by atoms with Gasteiger partial charge in [0.25, 0.3) is 0 Å².